The minimum Gasteiger partial charge on any atom is -0.218 e. The zero-order valence-electron chi connectivity index (χ0n) is 8.90. The Hall–Kier alpha value is -2.22. The van der Waals surface area contributed by atoms with E-state index in [4.69, 9.17) is 5.26 Å². The van der Waals surface area contributed by atoms with Gasteiger partial charge in [0, 0.05) is 0 Å². The molecule has 0 N–H and O–H groups in total. The molecule has 0 aliphatic carbocycles. The number of halogens is 1. The van der Waals surface area contributed by atoms with Gasteiger partial charge in [-0.05, 0) is 32.0 Å². The van der Waals surface area contributed by atoms with E-state index in [0.29, 0.717) is 17.3 Å². The summed E-state index contributed by atoms with van der Waals surface area (Å²) in [5, 5.41) is 12.9. The van der Waals surface area contributed by atoms with Crippen molar-refractivity contribution in [1.82, 2.24) is 14.8 Å². The molecule has 0 aliphatic rings. The molecule has 0 amide bonds. The Morgan fingerprint density at radius 1 is 1.31 bits per heavy atom. The molecule has 1 heterocycles. The van der Waals surface area contributed by atoms with Crippen LogP contribution < -0.4 is 0 Å². The van der Waals surface area contributed by atoms with E-state index >= 15 is 0 Å². The molecule has 0 unspecified atom stereocenters. The van der Waals surface area contributed by atoms with Crippen LogP contribution in [0.4, 0.5) is 4.39 Å². The molecule has 0 saturated carbocycles. The highest BCUT2D eigenvalue weighted by atomic mass is 19.1. The number of hydrogen-bond donors (Lipinski definition) is 0. The van der Waals surface area contributed by atoms with E-state index in [9.17, 15) is 4.39 Å². The van der Waals surface area contributed by atoms with Gasteiger partial charge in [-0.3, -0.25) is 0 Å². The first kappa shape index (κ1) is 10.3. The lowest BCUT2D eigenvalue weighted by atomic mass is 10.2. The van der Waals surface area contributed by atoms with Gasteiger partial charge in [0.05, 0.1) is 17.3 Å². The van der Waals surface area contributed by atoms with Crippen molar-refractivity contribution in [2.75, 3.05) is 0 Å². The molecule has 5 heteroatoms. The summed E-state index contributed by atoms with van der Waals surface area (Å²) in [6.07, 6.45) is 0. The van der Waals surface area contributed by atoms with Crippen molar-refractivity contribution in [3.63, 3.8) is 0 Å². The van der Waals surface area contributed by atoms with Crippen molar-refractivity contribution in [3.05, 3.63) is 41.2 Å². The molecule has 16 heavy (non-hydrogen) atoms. The zero-order valence-corrected chi connectivity index (χ0v) is 8.90. The molecule has 2 rings (SSSR count). The molecule has 1 aromatic carbocycles. The molecule has 0 bridgehead atoms. The molecule has 2 aromatic rings. The van der Waals surface area contributed by atoms with Crippen LogP contribution in [0.15, 0.2) is 18.2 Å². The van der Waals surface area contributed by atoms with Gasteiger partial charge in [-0.25, -0.2) is 14.1 Å². The van der Waals surface area contributed by atoms with Gasteiger partial charge >= 0.3 is 0 Å². The lowest BCUT2D eigenvalue weighted by Crippen LogP contribution is -2.00. The van der Waals surface area contributed by atoms with Gasteiger partial charge in [0.15, 0.2) is 0 Å². The predicted octanol–water partition coefficient (Wildman–Crippen LogP) is 1.89. The molecule has 0 radical (unpaired) electrons. The average molecular weight is 216 g/mol. The summed E-state index contributed by atoms with van der Waals surface area (Å²) in [5.41, 5.74) is 0.775. The third-order valence-corrected chi connectivity index (χ3v) is 2.13. The van der Waals surface area contributed by atoms with Gasteiger partial charge in [0.1, 0.15) is 17.5 Å². The highest BCUT2D eigenvalue weighted by Crippen LogP contribution is 2.14. The Morgan fingerprint density at radius 3 is 2.62 bits per heavy atom. The maximum Gasteiger partial charge on any atom is 0.148 e. The Labute approximate surface area is 92.0 Å². The fraction of sp³-hybridized carbons (Fsp3) is 0.182. The Bertz CT molecular complexity index is 580. The summed E-state index contributed by atoms with van der Waals surface area (Å²) in [6, 6.07) is 5.98. The molecule has 0 saturated heterocycles. The van der Waals surface area contributed by atoms with E-state index < -0.39 is 5.82 Å². The number of hydrogen-bond acceptors (Lipinski definition) is 3. The van der Waals surface area contributed by atoms with E-state index in [0.717, 1.165) is 0 Å². The molecule has 4 nitrogen and oxygen atoms in total. The number of nitrogens with zero attached hydrogens (tertiary/aromatic N) is 4. The van der Waals surface area contributed by atoms with E-state index in [1.54, 1.807) is 19.9 Å². The normalized spacial score (nSPS) is 10.1. The van der Waals surface area contributed by atoms with Crippen molar-refractivity contribution in [1.29, 1.82) is 5.26 Å². The van der Waals surface area contributed by atoms with E-state index in [2.05, 4.69) is 10.1 Å². The van der Waals surface area contributed by atoms with Gasteiger partial charge in [-0.1, -0.05) is 0 Å². The fourth-order valence-corrected chi connectivity index (χ4v) is 1.53. The highest BCUT2D eigenvalue weighted by Gasteiger charge is 2.07. The zero-order chi connectivity index (χ0) is 11.7. The van der Waals surface area contributed by atoms with Crippen LogP contribution in [0, 0.1) is 31.0 Å². The third kappa shape index (κ3) is 1.77. The van der Waals surface area contributed by atoms with Crippen LogP contribution in [0.2, 0.25) is 0 Å². The first-order valence-corrected chi connectivity index (χ1v) is 4.71. The van der Waals surface area contributed by atoms with Crippen LogP contribution in [-0.2, 0) is 0 Å². The first-order valence-electron chi connectivity index (χ1n) is 4.71. The van der Waals surface area contributed by atoms with Crippen molar-refractivity contribution < 1.29 is 4.39 Å². The Balaban J connectivity index is 2.60. The number of aryl methyl sites for hydroxylation is 2. The summed E-state index contributed by atoms with van der Waals surface area (Å²) in [6.45, 7) is 3.53. The first-order chi connectivity index (χ1) is 7.60. The van der Waals surface area contributed by atoms with Crippen LogP contribution in [0.3, 0.4) is 0 Å². The highest BCUT2D eigenvalue weighted by molar-refractivity contribution is 5.41. The summed E-state index contributed by atoms with van der Waals surface area (Å²) in [7, 11) is 0. The number of benzene rings is 1. The molecular weight excluding hydrogens is 207 g/mol. The molecule has 0 fully saturated rings. The van der Waals surface area contributed by atoms with Crippen LogP contribution in [0.5, 0.6) is 0 Å². The second kappa shape index (κ2) is 3.74. The fourth-order valence-electron chi connectivity index (χ4n) is 1.53. The maximum atomic E-state index is 13.2. The second-order valence-electron chi connectivity index (χ2n) is 3.43. The lowest BCUT2D eigenvalue weighted by Gasteiger charge is -2.03. The average Bonchev–Trinajstić information content (AvgIpc) is 2.57. The molecule has 80 valence electrons. The number of aromatic nitrogens is 3. The number of rotatable bonds is 1. The minimum atomic E-state index is -0.457. The predicted molar refractivity (Wildman–Crippen MR) is 55.5 cm³/mol. The van der Waals surface area contributed by atoms with Crippen LogP contribution in [-0.4, -0.2) is 14.8 Å². The summed E-state index contributed by atoms with van der Waals surface area (Å²) < 4.78 is 14.7. The minimum absolute atomic E-state index is 0.266. The third-order valence-electron chi connectivity index (χ3n) is 2.13. The van der Waals surface area contributed by atoms with E-state index in [1.807, 2.05) is 6.07 Å². The van der Waals surface area contributed by atoms with Gasteiger partial charge in [-0.15, -0.1) is 0 Å². The van der Waals surface area contributed by atoms with Crippen molar-refractivity contribution >= 4 is 0 Å². The Kier molecular flexibility index (Phi) is 2.41. The van der Waals surface area contributed by atoms with Gasteiger partial charge in [0.25, 0.3) is 0 Å². The Morgan fingerprint density at radius 2 is 2.06 bits per heavy atom. The largest absolute Gasteiger partial charge is 0.218 e. The van der Waals surface area contributed by atoms with Gasteiger partial charge in [-0.2, -0.15) is 10.4 Å². The van der Waals surface area contributed by atoms with Crippen LogP contribution in [0.25, 0.3) is 5.69 Å². The monoisotopic (exact) mass is 216 g/mol. The summed E-state index contributed by atoms with van der Waals surface area (Å²) in [5.74, 6) is 0.814. The van der Waals surface area contributed by atoms with Gasteiger partial charge in [0.2, 0.25) is 0 Å². The van der Waals surface area contributed by atoms with Crippen molar-refractivity contribution in [2.24, 2.45) is 0 Å². The standard InChI is InChI=1S/C11H9FN4/c1-7-14-8(2)16(15-7)11-4-9(6-13)3-10(12)5-11/h3-5H,1-2H3. The molecule has 0 atom stereocenters. The van der Waals surface area contributed by atoms with Crippen LogP contribution in [0.1, 0.15) is 17.2 Å². The van der Waals surface area contributed by atoms with E-state index in [-0.39, 0.29) is 5.56 Å². The second-order valence-corrected chi connectivity index (χ2v) is 3.43. The quantitative estimate of drug-likeness (QED) is 0.731. The molecule has 0 spiro atoms. The molecular formula is C11H9FN4. The van der Waals surface area contributed by atoms with Crippen LogP contribution >= 0.6 is 0 Å². The smallest absolute Gasteiger partial charge is 0.148 e. The van der Waals surface area contributed by atoms with Crippen molar-refractivity contribution in [3.8, 4) is 11.8 Å². The molecule has 0 aliphatic heterocycles. The summed E-state index contributed by atoms with van der Waals surface area (Å²) in [4.78, 5) is 4.12. The SMILES string of the molecule is Cc1nc(C)n(-c2cc(F)cc(C#N)c2)n1. The van der Waals surface area contributed by atoms with Crippen molar-refractivity contribution in [2.45, 2.75) is 13.8 Å². The lowest BCUT2D eigenvalue weighted by molar-refractivity contribution is 0.624. The molecule has 1 aromatic heterocycles. The maximum absolute atomic E-state index is 13.2. The van der Waals surface area contributed by atoms with Gasteiger partial charge < -0.3 is 0 Å². The number of nitriles is 1. The topological polar surface area (TPSA) is 54.5 Å². The summed E-state index contributed by atoms with van der Waals surface area (Å²) >= 11 is 0. The van der Waals surface area contributed by atoms with E-state index in [1.165, 1.54) is 16.8 Å².